The van der Waals surface area contributed by atoms with Gasteiger partial charge in [0.1, 0.15) is 0 Å². The second kappa shape index (κ2) is 3.36. The summed E-state index contributed by atoms with van der Waals surface area (Å²) in [5.74, 6) is 0. The number of aryl methyl sites for hydroxylation is 1. The third kappa shape index (κ3) is 1.62. The molecule has 1 aromatic rings. The van der Waals surface area contributed by atoms with Crippen molar-refractivity contribution >= 4 is 17.8 Å². The van der Waals surface area contributed by atoms with Gasteiger partial charge in [-0.3, -0.25) is 4.79 Å². The monoisotopic (exact) mass is 187 g/mol. The molecule has 1 N–H and O–H groups in total. The Morgan fingerprint density at radius 2 is 2.50 bits per heavy atom. The molecule has 0 radical (unpaired) electrons. The molecule has 0 atom stereocenters. The molecule has 64 valence electrons. The van der Waals surface area contributed by atoms with Gasteiger partial charge in [-0.1, -0.05) is 16.8 Å². The van der Waals surface area contributed by atoms with E-state index in [9.17, 15) is 4.79 Å². The van der Waals surface area contributed by atoms with Crippen LogP contribution in [0.3, 0.4) is 0 Å². The summed E-state index contributed by atoms with van der Waals surface area (Å²) in [6.45, 7) is 0. The van der Waals surface area contributed by atoms with Gasteiger partial charge in [-0.15, -0.1) is 0 Å². The van der Waals surface area contributed by atoms with Gasteiger partial charge in [-0.05, 0) is 6.07 Å². The number of oxime groups is 1. The summed E-state index contributed by atoms with van der Waals surface area (Å²) in [5, 5.41) is 14.7. The van der Waals surface area contributed by atoms with Gasteiger partial charge < -0.3 is 5.21 Å². The fourth-order valence-corrected chi connectivity index (χ4v) is 0.980. The Labute approximate surface area is 72.9 Å². The minimum atomic E-state index is -0.364. The van der Waals surface area contributed by atoms with Gasteiger partial charge in [0.15, 0.2) is 5.15 Å². The first-order valence-electron chi connectivity index (χ1n) is 3.06. The molecule has 0 amide bonds. The summed E-state index contributed by atoms with van der Waals surface area (Å²) in [5.41, 5.74) is -0.169. The maximum atomic E-state index is 11.2. The molecule has 0 aliphatic heterocycles. The Bertz CT molecular complexity index is 372. The molecule has 0 aliphatic carbocycles. The van der Waals surface area contributed by atoms with Crippen LogP contribution in [0.15, 0.2) is 16.0 Å². The lowest BCUT2D eigenvalue weighted by molar-refractivity contribution is 0.321. The molecule has 0 unspecified atom stereocenters. The first-order chi connectivity index (χ1) is 5.65. The second-order valence-electron chi connectivity index (χ2n) is 2.10. The lowest BCUT2D eigenvalue weighted by atomic mass is 10.3. The van der Waals surface area contributed by atoms with Crippen molar-refractivity contribution in [1.82, 2.24) is 9.78 Å². The predicted molar refractivity (Wildman–Crippen MR) is 43.9 cm³/mol. The number of hydrogen-bond donors (Lipinski definition) is 1. The summed E-state index contributed by atoms with van der Waals surface area (Å²) in [6.07, 6.45) is 1.01. The molecule has 12 heavy (non-hydrogen) atoms. The first kappa shape index (κ1) is 8.73. The molecule has 5 nitrogen and oxygen atoms in total. The molecular formula is C6H6ClN3O2. The summed E-state index contributed by atoms with van der Waals surface area (Å²) < 4.78 is 1.07. The van der Waals surface area contributed by atoms with Gasteiger partial charge >= 0.3 is 0 Å². The van der Waals surface area contributed by atoms with E-state index in [1.165, 1.54) is 13.1 Å². The van der Waals surface area contributed by atoms with Crippen molar-refractivity contribution in [3.05, 3.63) is 27.1 Å². The topological polar surface area (TPSA) is 67.5 Å². The lowest BCUT2D eigenvalue weighted by Crippen LogP contribution is -2.23. The zero-order valence-corrected chi connectivity index (χ0v) is 6.99. The summed E-state index contributed by atoms with van der Waals surface area (Å²) >= 11 is 5.54. The van der Waals surface area contributed by atoms with Gasteiger partial charge in [0.05, 0.1) is 11.8 Å². The van der Waals surface area contributed by atoms with Crippen LogP contribution in [-0.4, -0.2) is 21.2 Å². The van der Waals surface area contributed by atoms with Crippen molar-refractivity contribution in [1.29, 1.82) is 0 Å². The predicted octanol–water partition coefficient (Wildman–Crippen LogP) is 0.242. The molecule has 0 spiro atoms. The Morgan fingerprint density at radius 1 is 1.83 bits per heavy atom. The van der Waals surface area contributed by atoms with E-state index >= 15 is 0 Å². The number of nitrogens with zero attached hydrogens (tertiary/aromatic N) is 3. The Kier molecular flexibility index (Phi) is 2.44. The minimum absolute atomic E-state index is 0.173. The second-order valence-corrected chi connectivity index (χ2v) is 2.48. The van der Waals surface area contributed by atoms with Gasteiger partial charge in [0, 0.05) is 7.05 Å². The Balaban J connectivity index is 3.38. The maximum Gasteiger partial charge on any atom is 0.275 e. The summed E-state index contributed by atoms with van der Waals surface area (Å²) in [6, 6.07) is 1.32. The normalized spacial score (nSPS) is 10.8. The fourth-order valence-electron chi connectivity index (χ4n) is 0.749. The third-order valence-corrected chi connectivity index (χ3v) is 1.44. The van der Waals surface area contributed by atoms with Crippen LogP contribution in [0.5, 0.6) is 0 Å². The molecule has 0 aliphatic rings. The van der Waals surface area contributed by atoms with Gasteiger partial charge in [0.2, 0.25) is 0 Å². The van der Waals surface area contributed by atoms with Crippen molar-refractivity contribution in [2.75, 3.05) is 0 Å². The minimum Gasteiger partial charge on any atom is -0.411 e. The quantitative estimate of drug-likeness (QED) is 0.389. The van der Waals surface area contributed by atoms with E-state index in [0.29, 0.717) is 0 Å². The highest BCUT2D eigenvalue weighted by atomic mass is 35.5. The van der Waals surface area contributed by atoms with E-state index in [2.05, 4.69) is 10.3 Å². The van der Waals surface area contributed by atoms with Crippen LogP contribution >= 0.6 is 11.6 Å². The molecule has 1 rings (SSSR count). The fraction of sp³-hybridized carbons (Fsp3) is 0.167. The zero-order chi connectivity index (χ0) is 9.14. The summed E-state index contributed by atoms with van der Waals surface area (Å²) in [7, 11) is 1.46. The molecular weight excluding hydrogens is 182 g/mol. The third-order valence-electron chi connectivity index (χ3n) is 1.26. The van der Waals surface area contributed by atoms with Crippen LogP contribution in [-0.2, 0) is 7.05 Å². The largest absolute Gasteiger partial charge is 0.411 e. The van der Waals surface area contributed by atoms with Gasteiger partial charge in [0.25, 0.3) is 5.56 Å². The Morgan fingerprint density at radius 3 is 3.08 bits per heavy atom. The molecule has 0 aromatic carbocycles. The van der Waals surface area contributed by atoms with Crippen LogP contribution < -0.4 is 5.56 Å². The van der Waals surface area contributed by atoms with E-state index in [1.54, 1.807) is 0 Å². The van der Waals surface area contributed by atoms with E-state index in [0.717, 1.165) is 10.9 Å². The molecule has 6 heteroatoms. The van der Waals surface area contributed by atoms with Crippen LogP contribution in [0, 0.1) is 0 Å². The standard InChI is InChI=1S/C6H6ClN3O2/c1-10-6(11)4(3-8-12)2-5(7)9-10/h2-3,12H,1H3/b8-3-. The van der Waals surface area contributed by atoms with Crippen molar-refractivity contribution in [2.45, 2.75) is 0 Å². The van der Waals surface area contributed by atoms with Crippen molar-refractivity contribution in [3.63, 3.8) is 0 Å². The number of rotatable bonds is 1. The number of hydrogen-bond acceptors (Lipinski definition) is 4. The highest BCUT2D eigenvalue weighted by Gasteiger charge is 2.01. The van der Waals surface area contributed by atoms with E-state index in [4.69, 9.17) is 16.8 Å². The van der Waals surface area contributed by atoms with Crippen LogP contribution in [0.25, 0.3) is 0 Å². The van der Waals surface area contributed by atoms with Crippen molar-refractivity contribution < 1.29 is 5.21 Å². The highest BCUT2D eigenvalue weighted by molar-refractivity contribution is 6.29. The average molecular weight is 188 g/mol. The van der Waals surface area contributed by atoms with Gasteiger partial charge in [-0.25, -0.2) is 4.68 Å². The SMILES string of the molecule is Cn1nc(Cl)cc(/C=N\O)c1=O. The van der Waals surface area contributed by atoms with Gasteiger partial charge in [-0.2, -0.15) is 5.10 Å². The number of halogens is 1. The maximum absolute atomic E-state index is 11.2. The van der Waals surface area contributed by atoms with E-state index in [1.807, 2.05) is 0 Å². The molecule has 0 fully saturated rings. The molecule has 0 saturated heterocycles. The first-order valence-corrected chi connectivity index (χ1v) is 3.44. The highest BCUT2D eigenvalue weighted by Crippen LogP contribution is 2.00. The smallest absolute Gasteiger partial charge is 0.275 e. The van der Waals surface area contributed by atoms with Crippen molar-refractivity contribution in [2.24, 2.45) is 12.2 Å². The molecule has 1 heterocycles. The van der Waals surface area contributed by atoms with E-state index < -0.39 is 0 Å². The summed E-state index contributed by atoms with van der Waals surface area (Å²) in [4.78, 5) is 11.2. The van der Waals surface area contributed by atoms with E-state index in [-0.39, 0.29) is 16.3 Å². The van der Waals surface area contributed by atoms with Crippen LogP contribution in [0.2, 0.25) is 5.15 Å². The molecule has 0 saturated carbocycles. The lowest BCUT2D eigenvalue weighted by Gasteiger charge is -1.97. The Hall–Kier alpha value is -1.36. The molecule has 1 aromatic heterocycles. The van der Waals surface area contributed by atoms with Crippen LogP contribution in [0.1, 0.15) is 5.56 Å². The average Bonchev–Trinajstić information content (AvgIpc) is 2.00. The van der Waals surface area contributed by atoms with Crippen molar-refractivity contribution in [3.8, 4) is 0 Å². The number of aromatic nitrogens is 2. The van der Waals surface area contributed by atoms with Crippen LogP contribution in [0.4, 0.5) is 0 Å². The zero-order valence-electron chi connectivity index (χ0n) is 6.23. The molecule has 0 bridgehead atoms.